The van der Waals surface area contributed by atoms with Crippen LogP contribution >= 0.6 is 0 Å². The summed E-state index contributed by atoms with van der Waals surface area (Å²) < 4.78 is 0. The number of amides is 4. The number of nitrogens with zero attached hydrogens (tertiary/aromatic N) is 6. The van der Waals surface area contributed by atoms with Gasteiger partial charge in [0.25, 0.3) is 0 Å². The molecule has 2 rings (SSSR count). The molecular weight excluding hydrogens is 236 g/mol. The van der Waals surface area contributed by atoms with E-state index in [1.807, 2.05) is 0 Å². The first-order valence-corrected chi connectivity index (χ1v) is 4.67. The van der Waals surface area contributed by atoms with Gasteiger partial charge in [-0.2, -0.15) is 0 Å². The Bertz CT molecular complexity index is 627. The fraction of sp³-hybridized carbons (Fsp3) is 0. The molecule has 86 valence electrons. The van der Waals surface area contributed by atoms with E-state index in [0.717, 1.165) is 4.90 Å². The van der Waals surface area contributed by atoms with Gasteiger partial charge in [-0.15, -0.1) is 0 Å². The van der Waals surface area contributed by atoms with Gasteiger partial charge in [0.1, 0.15) is 0 Å². The van der Waals surface area contributed by atoms with E-state index in [-0.39, 0.29) is 0 Å². The number of hydrogen-bond acceptors (Lipinski definition) is 3. The molecule has 0 N–H and O–H groups in total. The molecular formula is C10H4N6O2. The molecule has 1 aromatic rings. The van der Waals surface area contributed by atoms with Crippen LogP contribution in [0, 0.1) is 12.0 Å². The highest BCUT2D eigenvalue weighted by Gasteiger charge is 2.28. The van der Waals surface area contributed by atoms with E-state index < -0.39 is 12.1 Å². The molecule has 0 aromatic heterocycles. The third-order valence-corrected chi connectivity index (χ3v) is 2.02. The second-order valence-corrected chi connectivity index (χ2v) is 3.07. The van der Waals surface area contributed by atoms with Gasteiger partial charge < -0.3 is 0 Å². The minimum absolute atomic E-state index is 0.351. The molecule has 0 bridgehead atoms. The highest BCUT2D eigenvalue weighted by molar-refractivity contribution is 6.17. The maximum absolute atomic E-state index is 11.2. The second kappa shape index (κ2) is 4.78. The van der Waals surface area contributed by atoms with Crippen molar-refractivity contribution in [3.8, 4) is 12.0 Å². The number of azo groups is 1. The summed E-state index contributed by atoms with van der Waals surface area (Å²) in [5.41, 5.74) is 8.98. The molecule has 1 aliphatic heterocycles. The summed E-state index contributed by atoms with van der Waals surface area (Å²) in [5.74, 6) is 2.58. The lowest BCUT2D eigenvalue weighted by atomic mass is 10.2. The summed E-state index contributed by atoms with van der Waals surface area (Å²) in [5, 5.41) is 9.34. The highest BCUT2D eigenvalue weighted by atomic mass is 16.2. The second-order valence-electron chi connectivity index (χ2n) is 3.07. The first kappa shape index (κ1) is 11.3. The Balaban J connectivity index is 2.24. The summed E-state index contributed by atoms with van der Waals surface area (Å²) in [6.07, 6.45) is 0. The standard InChI is InChI=1S/C10H4N6O2/c11-15-12-6-5-7-1-3-8(4-2-7)16-9(17)13-14-10(16)18/h1-4H. The maximum Gasteiger partial charge on any atom is 0.375 e. The monoisotopic (exact) mass is 240 g/mol. The molecule has 0 atom stereocenters. The normalized spacial score (nSPS) is 13.0. The molecule has 0 radical (unpaired) electrons. The van der Waals surface area contributed by atoms with Crippen molar-refractivity contribution in [1.82, 2.24) is 0 Å². The molecule has 18 heavy (non-hydrogen) atoms. The molecule has 0 saturated heterocycles. The lowest BCUT2D eigenvalue weighted by Gasteiger charge is -2.09. The third-order valence-electron chi connectivity index (χ3n) is 2.02. The van der Waals surface area contributed by atoms with Crippen molar-refractivity contribution in [2.75, 3.05) is 4.90 Å². The molecule has 0 unspecified atom stereocenters. The molecule has 8 heteroatoms. The third kappa shape index (κ3) is 2.16. The quantitative estimate of drug-likeness (QED) is 0.325. The van der Waals surface area contributed by atoms with Crippen LogP contribution in [0.1, 0.15) is 5.56 Å². The Morgan fingerprint density at radius 2 is 1.78 bits per heavy atom. The van der Waals surface area contributed by atoms with Crippen molar-refractivity contribution in [2.45, 2.75) is 0 Å². The smallest absolute Gasteiger partial charge is 0.243 e. The van der Waals surface area contributed by atoms with Gasteiger partial charge in [0.05, 0.1) is 5.69 Å². The molecule has 4 amide bonds. The van der Waals surface area contributed by atoms with Crippen LogP contribution in [0.2, 0.25) is 0 Å². The Morgan fingerprint density at radius 3 is 2.33 bits per heavy atom. The molecule has 1 aromatic carbocycles. The lowest BCUT2D eigenvalue weighted by molar-refractivity contribution is 0.249. The van der Waals surface area contributed by atoms with Crippen LogP contribution in [-0.4, -0.2) is 12.1 Å². The van der Waals surface area contributed by atoms with Gasteiger partial charge >= 0.3 is 12.1 Å². The van der Waals surface area contributed by atoms with E-state index in [1.165, 1.54) is 12.1 Å². The SMILES string of the molecule is [N-]=[N+]=NC#Cc1ccc(N2C(=O)N=NC2=O)cc1. The summed E-state index contributed by atoms with van der Waals surface area (Å²) in [4.78, 5) is 25.8. The van der Waals surface area contributed by atoms with Gasteiger partial charge in [0, 0.05) is 10.5 Å². The van der Waals surface area contributed by atoms with Crippen LogP contribution in [0.15, 0.2) is 39.6 Å². The predicted octanol–water partition coefficient (Wildman–Crippen LogP) is 2.82. The Labute approximate surface area is 101 Å². The van der Waals surface area contributed by atoms with Crippen LogP contribution in [0.25, 0.3) is 10.4 Å². The van der Waals surface area contributed by atoms with Crippen molar-refractivity contribution >= 4 is 17.7 Å². The lowest BCUT2D eigenvalue weighted by Crippen LogP contribution is -2.27. The first-order chi connectivity index (χ1) is 8.72. The van der Waals surface area contributed by atoms with Crippen LogP contribution in [0.5, 0.6) is 0 Å². The van der Waals surface area contributed by atoms with Gasteiger partial charge in [-0.05, 0) is 41.0 Å². The number of imide groups is 1. The Kier molecular flexibility index (Phi) is 3.00. The number of urea groups is 2. The molecule has 0 aliphatic carbocycles. The summed E-state index contributed by atoms with van der Waals surface area (Å²) in [6.45, 7) is 0. The summed E-state index contributed by atoms with van der Waals surface area (Å²) in [6, 6.07) is 6.97. The van der Waals surface area contributed by atoms with Crippen molar-refractivity contribution in [3.05, 3.63) is 40.3 Å². The molecule has 1 heterocycles. The Hall–Kier alpha value is -3.17. The van der Waals surface area contributed by atoms with Crippen molar-refractivity contribution in [1.29, 1.82) is 0 Å². The molecule has 0 fully saturated rings. The number of anilines is 1. The minimum atomic E-state index is -0.729. The average Bonchev–Trinajstić information content (AvgIpc) is 2.71. The van der Waals surface area contributed by atoms with E-state index in [4.69, 9.17) is 5.53 Å². The molecule has 0 spiro atoms. The van der Waals surface area contributed by atoms with E-state index >= 15 is 0 Å². The van der Waals surface area contributed by atoms with Crippen molar-refractivity contribution < 1.29 is 9.59 Å². The summed E-state index contributed by atoms with van der Waals surface area (Å²) in [7, 11) is 0. The van der Waals surface area contributed by atoms with Crippen LogP contribution in [0.3, 0.4) is 0 Å². The number of carbonyl (C=O) groups excluding carboxylic acids is 2. The van der Waals surface area contributed by atoms with Gasteiger partial charge in [0.2, 0.25) is 0 Å². The van der Waals surface area contributed by atoms with Crippen LogP contribution in [0.4, 0.5) is 15.3 Å². The van der Waals surface area contributed by atoms with Crippen molar-refractivity contribution in [2.24, 2.45) is 15.3 Å². The molecule has 1 aliphatic rings. The minimum Gasteiger partial charge on any atom is -0.243 e. The van der Waals surface area contributed by atoms with Crippen molar-refractivity contribution in [3.63, 3.8) is 0 Å². The highest BCUT2D eigenvalue weighted by Crippen LogP contribution is 2.20. The zero-order valence-electron chi connectivity index (χ0n) is 8.81. The van der Waals surface area contributed by atoms with Gasteiger partial charge in [-0.3, -0.25) is 0 Å². The molecule has 8 nitrogen and oxygen atoms in total. The fourth-order valence-corrected chi connectivity index (χ4v) is 1.28. The zero-order valence-corrected chi connectivity index (χ0v) is 8.81. The van der Waals surface area contributed by atoms with Crippen LogP contribution in [-0.2, 0) is 0 Å². The summed E-state index contributed by atoms with van der Waals surface area (Å²) >= 11 is 0. The zero-order chi connectivity index (χ0) is 13.0. The van der Waals surface area contributed by atoms with E-state index in [2.05, 4.69) is 32.2 Å². The maximum atomic E-state index is 11.2. The molecule has 0 saturated carbocycles. The van der Waals surface area contributed by atoms with E-state index in [0.29, 0.717) is 11.3 Å². The van der Waals surface area contributed by atoms with Gasteiger partial charge in [-0.25, -0.2) is 14.5 Å². The van der Waals surface area contributed by atoms with E-state index in [9.17, 15) is 9.59 Å². The number of benzene rings is 1. The van der Waals surface area contributed by atoms with Gasteiger partial charge in [-0.1, -0.05) is 16.1 Å². The largest absolute Gasteiger partial charge is 0.375 e. The average molecular weight is 240 g/mol. The topological polar surface area (TPSA) is 111 Å². The fourth-order valence-electron chi connectivity index (χ4n) is 1.28. The number of carbonyl (C=O) groups is 2. The predicted molar refractivity (Wildman–Crippen MR) is 60.6 cm³/mol. The first-order valence-electron chi connectivity index (χ1n) is 4.67. The van der Waals surface area contributed by atoms with Crippen LogP contribution < -0.4 is 4.90 Å². The number of hydrogen-bond donors (Lipinski definition) is 0. The Morgan fingerprint density at radius 1 is 1.17 bits per heavy atom. The number of azide groups is 1. The van der Waals surface area contributed by atoms with Gasteiger partial charge in [0.15, 0.2) is 0 Å². The van der Waals surface area contributed by atoms with E-state index in [1.54, 1.807) is 12.1 Å². The number of rotatable bonds is 1.